The molecule has 0 aliphatic carbocycles. The highest BCUT2D eigenvalue weighted by molar-refractivity contribution is 7.16. The quantitative estimate of drug-likeness (QED) is 0.605. The summed E-state index contributed by atoms with van der Waals surface area (Å²) in [6.07, 6.45) is 0. The number of hydrogen-bond donors (Lipinski definition) is 0. The lowest BCUT2D eigenvalue weighted by molar-refractivity contribution is 1.38. The van der Waals surface area contributed by atoms with Crippen molar-refractivity contribution in [3.8, 4) is 11.1 Å². The number of benzene rings is 2. The van der Waals surface area contributed by atoms with E-state index in [0.29, 0.717) is 0 Å². The van der Waals surface area contributed by atoms with Gasteiger partial charge in [0.1, 0.15) is 0 Å². The Kier molecular flexibility index (Phi) is 2.45. The number of hydrogen-bond acceptors (Lipinski definition) is 2. The predicted molar refractivity (Wildman–Crippen MR) is 74.5 cm³/mol. The normalized spacial score (nSPS) is 10.9. The molecular weight excluding hydrogens is 226 g/mol. The Hall–Kier alpha value is -1.67. The number of fused-ring (bicyclic) bond motifs is 1. The van der Waals surface area contributed by atoms with Crippen LogP contribution < -0.4 is 0 Å². The molecule has 2 aromatic carbocycles. The summed E-state index contributed by atoms with van der Waals surface area (Å²) in [6.45, 7) is 4.27. The summed E-state index contributed by atoms with van der Waals surface area (Å²) in [5, 5.41) is 0. The Labute approximate surface area is 105 Å². The lowest BCUT2D eigenvalue weighted by Crippen LogP contribution is -1.82. The van der Waals surface area contributed by atoms with E-state index in [2.05, 4.69) is 55.2 Å². The third kappa shape index (κ3) is 1.96. The van der Waals surface area contributed by atoms with Crippen molar-refractivity contribution in [1.29, 1.82) is 0 Å². The first-order valence-corrected chi connectivity index (χ1v) is 6.52. The van der Waals surface area contributed by atoms with Gasteiger partial charge in [0, 0.05) is 0 Å². The van der Waals surface area contributed by atoms with E-state index in [4.69, 9.17) is 0 Å². The first kappa shape index (κ1) is 10.5. The molecule has 2 heteroatoms. The van der Waals surface area contributed by atoms with Crippen molar-refractivity contribution in [2.45, 2.75) is 13.8 Å². The van der Waals surface area contributed by atoms with Gasteiger partial charge in [-0.15, -0.1) is 11.3 Å². The van der Waals surface area contributed by atoms with Gasteiger partial charge in [-0.1, -0.05) is 35.4 Å². The molecule has 0 atom stereocenters. The van der Waals surface area contributed by atoms with Crippen LogP contribution in [0.25, 0.3) is 21.3 Å². The minimum absolute atomic E-state index is 1.09. The van der Waals surface area contributed by atoms with Crippen LogP contribution in [0, 0.1) is 13.8 Å². The second-order valence-corrected chi connectivity index (χ2v) is 5.30. The van der Waals surface area contributed by atoms with E-state index in [9.17, 15) is 0 Å². The van der Waals surface area contributed by atoms with E-state index >= 15 is 0 Å². The highest BCUT2D eigenvalue weighted by Crippen LogP contribution is 2.27. The van der Waals surface area contributed by atoms with Crippen molar-refractivity contribution in [2.24, 2.45) is 0 Å². The van der Waals surface area contributed by atoms with Crippen molar-refractivity contribution in [3.05, 3.63) is 53.0 Å². The van der Waals surface area contributed by atoms with Crippen LogP contribution in [-0.4, -0.2) is 4.98 Å². The van der Waals surface area contributed by atoms with E-state index in [1.807, 2.05) is 5.51 Å². The smallest absolute Gasteiger partial charge is 0.0818 e. The van der Waals surface area contributed by atoms with Gasteiger partial charge in [-0.05, 0) is 37.1 Å². The van der Waals surface area contributed by atoms with Gasteiger partial charge >= 0.3 is 0 Å². The molecule has 1 heterocycles. The SMILES string of the molecule is Cc1cc(C)cc(-c2ccc3scnc3c2)c1. The van der Waals surface area contributed by atoms with Gasteiger partial charge in [-0.25, -0.2) is 4.98 Å². The topological polar surface area (TPSA) is 12.9 Å². The largest absolute Gasteiger partial charge is 0.245 e. The summed E-state index contributed by atoms with van der Waals surface area (Å²) in [4.78, 5) is 4.37. The Morgan fingerprint density at radius 3 is 2.41 bits per heavy atom. The molecule has 0 fully saturated rings. The Morgan fingerprint density at radius 2 is 1.65 bits per heavy atom. The van der Waals surface area contributed by atoms with Gasteiger partial charge in [0.05, 0.1) is 15.7 Å². The molecule has 3 aromatic rings. The molecule has 0 N–H and O–H groups in total. The maximum Gasteiger partial charge on any atom is 0.0818 e. The zero-order valence-corrected chi connectivity index (χ0v) is 10.7. The van der Waals surface area contributed by atoms with E-state index < -0.39 is 0 Å². The number of aromatic nitrogens is 1. The van der Waals surface area contributed by atoms with E-state index in [1.165, 1.54) is 27.0 Å². The first-order valence-electron chi connectivity index (χ1n) is 5.64. The van der Waals surface area contributed by atoms with Crippen molar-refractivity contribution in [3.63, 3.8) is 0 Å². The number of aryl methyl sites for hydroxylation is 2. The number of thiazole rings is 1. The average Bonchev–Trinajstić information content (AvgIpc) is 2.74. The van der Waals surface area contributed by atoms with Crippen LogP contribution in [0.15, 0.2) is 41.9 Å². The van der Waals surface area contributed by atoms with Crippen LogP contribution in [0.3, 0.4) is 0 Å². The molecule has 1 aromatic heterocycles. The molecule has 0 spiro atoms. The van der Waals surface area contributed by atoms with Gasteiger partial charge in [-0.2, -0.15) is 0 Å². The number of rotatable bonds is 1. The molecule has 0 saturated heterocycles. The van der Waals surface area contributed by atoms with Crippen LogP contribution in [0.2, 0.25) is 0 Å². The predicted octanol–water partition coefficient (Wildman–Crippen LogP) is 4.58. The molecule has 1 nitrogen and oxygen atoms in total. The van der Waals surface area contributed by atoms with E-state index in [1.54, 1.807) is 11.3 Å². The Bertz CT molecular complexity index is 662. The summed E-state index contributed by atoms with van der Waals surface area (Å²) >= 11 is 1.69. The van der Waals surface area contributed by atoms with Crippen molar-refractivity contribution >= 4 is 21.6 Å². The van der Waals surface area contributed by atoms with Crippen molar-refractivity contribution in [2.75, 3.05) is 0 Å². The second-order valence-electron chi connectivity index (χ2n) is 4.41. The molecule has 0 radical (unpaired) electrons. The lowest BCUT2D eigenvalue weighted by Gasteiger charge is -2.05. The van der Waals surface area contributed by atoms with Crippen LogP contribution in [0.4, 0.5) is 0 Å². The van der Waals surface area contributed by atoms with Crippen LogP contribution in [0.1, 0.15) is 11.1 Å². The van der Waals surface area contributed by atoms with Gasteiger partial charge in [-0.3, -0.25) is 0 Å². The maximum absolute atomic E-state index is 4.37. The molecular formula is C15H13NS. The fraction of sp³-hybridized carbons (Fsp3) is 0.133. The molecule has 0 unspecified atom stereocenters. The maximum atomic E-state index is 4.37. The van der Waals surface area contributed by atoms with Crippen LogP contribution in [0.5, 0.6) is 0 Å². The summed E-state index contributed by atoms with van der Waals surface area (Å²) in [5.41, 5.74) is 8.12. The van der Waals surface area contributed by atoms with Crippen molar-refractivity contribution < 1.29 is 0 Å². The average molecular weight is 239 g/mol. The van der Waals surface area contributed by atoms with Crippen LogP contribution >= 0.6 is 11.3 Å². The van der Waals surface area contributed by atoms with Gasteiger partial charge in [0.2, 0.25) is 0 Å². The molecule has 0 amide bonds. The third-order valence-electron chi connectivity index (χ3n) is 2.89. The summed E-state index contributed by atoms with van der Waals surface area (Å²) in [6, 6.07) is 13.1. The first-order chi connectivity index (χ1) is 8.22. The lowest BCUT2D eigenvalue weighted by atomic mass is 10.0. The zero-order chi connectivity index (χ0) is 11.8. The van der Waals surface area contributed by atoms with Gasteiger partial charge in [0.15, 0.2) is 0 Å². The highest BCUT2D eigenvalue weighted by atomic mass is 32.1. The summed E-state index contributed by atoms with van der Waals surface area (Å²) in [7, 11) is 0. The summed E-state index contributed by atoms with van der Waals surface area (Å²) in [5.74, 6) is 0. The molecule has 0 aliphatic heterocycles. The van der Waals surface area contributed by atoms with Crippen LogP contribution in [-0.2, 0) is 0 Å². The zero-order valence-electron chi connectivity index (χ0n) is 9.90. The van der Waals surface area contributed by atoms with E-state index in [-0.39, 0.29) is 0 Å². The molecule has 84 valence electrons. The summed E-state index contributed by atoms with van der Waals surface area (Å²) < 4.78 is 1.25. The minimum Gasteiger partial charge on any atom is -0.245 e. The fourth-order valence-corrected chi connectivity index (χ4v) is 2.84. The highest BCUT2D eigenvalue weighted by Gasteiger charge is 2.02. The standard InChI is InChI=1S/C15H13NS/c1-10-5-11(2)7-13(6-10)12-3-4-15-14(8-12)16-9-17-15/h3-9H,1-2H3. The molecule has 0 aliphatic rings. The molecule has 3 rings (SSSR count). The molecule has 17 heavy (non-hydrogen) atoms. The molecule has 0 saturated carbocycles. The minimum atomic E-state index is 1.09. The Balaban J connectivity index is 2.19. The van der Waals surface area contributed by atoms with Gasteiger partial charge < -0.3 is 0 Å². The van der Waals surface area contributed by atoms with Crippen molar-refractivity contribution in [1.82, 2.24) is 4.98 Å². The second kappa shape index (κ2) is 3.97. The van der Waals surface area contributed by atoms with Gasteiger partial charge in [0.25, 0.3) is 0 Å². The number of nitrogens with zero attached hydrogens (tertiary/aromatic N) is 1. The fourth-order valence-electron chi connectivity index (χ4n) is 2.18. The Morgan fingerprint density at radius 1 is 0.882 bits per heavy atom. The third-order valence-corrected chi connectivity index (χ3v) is 3.70. The van der Waals surface area contributed by atoms with E-state index in [0.717, 1.165) is 5.52 Å². The monoisotopic (exact) mass is 239 g/mol. The molecule has 0 bridgehead atoms.